The summed E-state index contributed by atoms with van der Waals surface area (Å²) >= 11 is 0. The molecule has 0 radical (unpaired) electrons. The van der Waals surface area contributed by atoms with Crippen molar-refractivity contribution in [2.45, 2.75) is 20.0 Å². The van der Waals surface area contributed by atoms with Gasteiger partial charge in [-0.1, -0.05) is 48.5 Å². The zero-order valence-corrected chi connectivity index (χ0v) is 19.1. The lowest BCUT2D eigenvalue weighted by Gasteiger charge is -2.18. The summed E-state index contributed by atoms with van der Waals surface area (Å²) in [5.41, 5.74) is 6.53. The standard InChI is InChI=1S/C27H24N6O/c1-19-10-6-7-13-24(19)33-26(31-14-8-9-15-31)21-17-32(18-23(21)29-33)27(34)25-16-22(28-30(25)2)20-11-4-3-5-12-20/h3-16H,17-18H2,1-2H3. The number of carbonyl (C=O) groups excluding carboxylic acids is 1. The Labute approximate surface area is 197 Å². The first-order valence-corrected chi connectivity index (χ1v) is 11.3. The molecule has 0 N–H and O–H groups in total. The summed E-state index contributed by atoms with van der Waals surface area (Å²) in [7, 11) is 1.82. The van der Waals surface area contributed by atoms with Gasteiger partial charge in [-0.05, 0) is 36.8 Å². The van der Waals surface area contributed by atoms with Crippen molar-refractivity contribution in [3.63, 3.8) is 0 Å². The Morgan fingerprint density at radius 1 is 0.882 bits per heavy atom. The summed E-state index contributed by atoms with van der Waals surface area (Å²) in [5.74, 6) is 0.927. The zero-order chi connectivity index (χ0) is 23.2. The van der Waals surface area contributed by atoms with Gasteiger partial charge in [-0.2, -0.15) is 10.2 Å². The maximum absolute atomic E-state index is 13.5. The van der Waals surface area contributed by atoms with Gasteiger partial charge in [0.2, 0.25) is 0 Å². The van der Waals surface area contributed by atoms with Crippen LogP contribution in [-0.2, 0) is 20.1 Å². The maximum atomic E-state index is 13.5. The third kappa shape index (κ3) is 3.25. The van der Waals surface area contributed by atoms with E-state index in [2.05, 4.69) is 28.7 Å². The number of amides is 1. The summed E-state index contributed by atoms with van der Waals surface area (Å²) in [5, 5.41) is 9.54. The van der Waals surface area contributed by atoms with E-state index in [1.807, 2.05) is 89.7 Å². The molecule has 0 bridgehead atoms. The van der Waals surface area contributed by atoms with Gasteiger partial charge in [0.25, 0.3) is 5.91 Å². The summed E-state index contributed by atoms with van der Waals surface area (Å²) in [6, 6.07) is 24.0. The van der Waals surface area contributed by atoms with E-state index >= 15 is 0 Å². The Morgan fingerprint density at radius 2 is 1.62 bits per heavy atom. The number of rotatable bonds is 4. The van der Waals surface area contributed by atoms with E-state index in [0.29, 0.717) is 18.8 Å². The van der Waals surface area contributed by atoms with Gasteiger partial charge in [0.1, 0.15) is 11.5 Å². The molecular weight excluding hydrogens is 424 g/mol. The lowest BCUT2D eigenvalue weighted by Crippen LogP contribution is -2.28. The highest BCUT2D eigenvalue weighted by Crippen LogP contribution is 2.32. The fourth-order valence-electron chi connectivity index (χ4n) is 4.63. The molecule has 1 amide bonds. The number of carbonyl (C=O) groups is 1. The van der Waals surface area contributed by atoms with Gasteiger partial charge in [0, 0.05) is 30.6 Å². The minimum absolute atomic E-state index is 0.0453. The van der Waals surface area contributed by atoms with E-state index in [-0.39, 0.29) is 5.91 Å². The topological polar surface area (TPSA) is 60.9 Å². The maximum Gasteiger partial charge on any atom is 0.272 e. The predicted octanol–water partition coefficient (Wildman–Crippen LogP) is 4.53. The molecule has 6 rings (SSSR count). The SMILES string of the molecule is Cc1ccccc1-n1nc2c(c1-n1cccc1)CN(C(=O)c1cc(-c3ccccc3)nn1C)C2. The van der Waals surface area contributed by atoms with Gasteiger partial charge in [-0.25, -0.2) is 4.68 Å². The van der Waals surface area contributed by atoms with Crippen LogP contribution >= 0.6 is 0 Å². The molecule has 34 heavy (non-hydrogen) atoms. The van der Waals surface area contributed by atoms with Crippen molar-refractivity contribution in [2.24, 2.45) is 7.05 Å². The van der Waals surface area contributed by atoms with E-state index in [1.165, 1.54) is 0 Å². The summed E-state index contributed by atoms with van der Waals surface area (Å²) in [6.07, 6.45) is 4.04. The normalized spacial score (nSPS) is 12.8. The van der Waals surface area contributed by atoms with Crippen LogP contribution in [0.5, 0.6) is 0 Å². The summed E-state index contributed by atoms with van der Waals surface area (Å²) < 4.78 is 5.74. The Balaban J connectivity index is 1.36. The van der Waals surface area contributed by atoms with Gasteiger partial charge in [0.05, 0.1) is 30.2 Å². The zero-order valence-electron chi connectivity index (χ0n) is 19.1. The molecule has 7 nitrogen and oxygen atoms in total. The first kappa shape index (κ1) is 20.2. The van der Waals surface area contributed by atoms with E-state index in [4.69, 9.17) is 5.10 Å². The van der Waals surface area contributed by atoms with Crippen molar-refractivity contribution < 1.29 is 4.79 Å². The van der Waals surface area contributed by atoms with Gasteiger partial charge < -0.3 is 9.47 Å². The molecule has 0 aliphatic carbocycles. The van der Waals surface area contributed by atoms with Crippen LogP contribution in [0.2, 0.25) is 0 Å². The fourth-order valence-corrected chi connectivity index (χ4v) is 4.63. The lowest BCUT2D eigenvalue weighted by molar-refractivity contribution is 0.0738. The minimum Gasteiger partial charge on any atom is -0.327 e. The molecule has 168 valence electrons. The number of aromatic nitrogens is 5. The smallest absolute Gasteiger partial charge is 0.272 e. The minimum atomic E-state index is -0.0453. The number of hydrogen-bond acceptors (Lipinski definition) is 3. The number of hydrogen-bond donors (Lipinski definition) is 0. The largest absolute Gasteiger partial charge is 0.327 e. The molecule has 0 spiro atoms. The van der Waals surface area contributed by atoms with Crippen LogP contribution in [0.3, 0.4) is 0 Å². The highest BCUT2D eigenvalue weighted by molar-refractivity contribution is 5.94. The molecule has 3 aromatic heterocycles. The van der Waals surface area contributed by atoms with E-state index in [1.54, 1.807) is 4.68 Å². The number of nitrogens with zero attached hydrogens (tertiary/aromatic N) is 6. The van der Waals surface area contributed by atoms with Gasteiger partial charge >= 0.3 is 0 Å². The number of fused-ring (bicyclic) bond motifs is 1. The van der Waals surface area contributed by atoms with Crippen molar-refractivity contribution in [1.82, 2.24) is 29.0 Å². The summed E-state index contributed by atoms with van der Waals surface area (Å²) in [6.45, 7) is 3.05. The molecule has 0 saturated carbocycles. The van der Waals surface area contributed by atoms with E-state index in [0.717, 1.165) is 39.6 Å². The van der Waals surface area contributed by atoms with Crippen molar-refractivity contribution >= 4 is 5.91 Å². The third-order valence-corrected chi connectivity index (χ3v) is 6.38. The molecule has 2 aromatic carbocycles. The van der Waals surface area contributed by atoms with E-state index in [9.17, 15) is 4.79 Å². The van der Waals surface area contributed by atoms with Crippen LogP contribution in [0.25, 0.3) is 22.8 Å². The lowest BCUT2D eigenvalue weighted by atomic mass is 10.1. The van der Waals surface area contributed by atoms with E-state index < -0.39 is 0 Å². The second kappa shape index (κ2) is 7.88. The molecule has 7 heteroatoms. The highest BCUT2D eigenvalue weighted by Gasteiger charge is 2.33. The average Bonchev–Trinajstić information content (AvgIpc) is 3.63. The highest BCUT2D eigenvalue weighted by atomic mass is 16.2. The van der Waals surface area contributed by atoms with Crippen LogP contribution in [0.15, 0.2) is 85.2 Å². The Kier molecular flexibility index (Phi) is 4.69. The monoisotopic (exact) mass is 448 g/mol. The molecule has 5 aromatic rings. The molecule has 0 saturated heterocycles. The Hall–Kier alpha value is -4.39. The molecule has 4 heterocycles. The molecule has 1 aliphatic rings. The molecule has 1 aliphatic heterocycles. The number of benzene rings is 2. The Bertz CT molecular complexity index is 1490. The average molecular weight is 449 g/mol. The molecule has 0 atom stereocenters. The predicted molar refractivity (Wildman–Crippen MR) is 130 cm³/mol. The van der Waals surface area contributed by atoms with Crippen LogP contribution in [0, 0.1) is 6.92 Å². The second-order valence-electron chi connectivity index (χ2n) is 8.60. The molecule has 0 fully saturated rings. The van der Waals surface area contributed by atoms with Crippen LogP contribution in [-0.4, -0.2) is 34.9 Å². The first-order chi connectivity index (χ1) is 16.6. The fraction of sp³-hybridized carbons (Fsp3) is 0.148. The van der Waals surface area contributed by atoms with Crippen molar-refractivity contribution in [1.29, 1.82) is 0 Å². The molecule has 0 unspecified atom stereocenters. The van der Waals surface area contributed by atoms with Crippen LogP contribution < -0.4 is 0 Å². The van der Waals surface area contributed by atoms with Gasteiger partial charge in [-0.15, -0.1) is 0 Å². The summed E-state index contributed by atoms with van der Waals surface area (Å²) in [4.78, 5) is 15.4. The number of para-hydroxylation sites is 1. The second-order valence-corrected chi connectivity index (χ2v) is 8.60. The Morgan fingerprint density at radius 3 is 2.38 bits per heavy atom. The van der Waals surface area contributed by atoms with Crippen LogP contribution in [0.4, 0.5) is 0 Å². The van der Waals surface area contributed by atoms with Gasteiger partial charge in [0.15, 0.2) is 0 Å². The first-order valence-electron chi connectivity index (χ1n) is 11.3. The van der Waals surface area contributed by atoms with Gasteiger partial charge in [-0.3, -0.25) is 9.48 Å². The third-order valence-electron chi connectivity index (χ3n) is 6.38. The number of aryl methyl sites for hydroxylation is 2. The quantitative estimate of drug-likeness (QED) is 0.406. The van der Waals surface area contributed by atoms with Crippen molar-refractivity contribution in [3.05, 3.63) is 108 Å². The van der Waals surface area contributed by atoms with Crippen LogP contribution in [0.1, 0.15) is 27.3 Å². The van der Waals surface area contributed by atoms with Crippen molar-refractivity contribution in [2.75, 3.05) is 0 Å². The molecular formula is C27H24N6O. The van der Waals surface area contributed by atoms with Crippen molar-refractivity contribution in [3.8, 4) is 22.8 Å².